The summed E-state index contributed by atoms with van der Waals surface area (Å²) in [6.45, 7) is 6.00. The lowest BCUT2D eigenvalue weighted by Crippen LogP contribution is -2.39. The summed E-state index contributed by atoms with van der Waals surface area (Å²) in [6, 6.07) is 10.7. The van der Waals surface area contributed by atoms with Crippen LogP contribution in [0.25, 0.3) is 0 Å². The van der Waals surface area contributed by atoms with Gasteiger partial charge in [-0.15, -0.1) is 0 Å². The summed E-state index contributed by atoms with van der Waals surface area (Å²) in [5, 5.41) is 6.71. The molecule has 0 bridgehead atoms. The molecule has 1 fully saturated rings. The predicted octanol–water partition coefficient (Wildman–Crippen LogP) is 2.98. The Balaban J connectivity index is 1.49. The second-order valence-corrected chi connectivity index (χ2v) is 7.94. The monoisotopic (exact) mass is 392 g/mol. The number of thioether (sulfide) groups is 1. The van der Waals surface area contributed by atoms with Gasteiger partial charge < -0.3 is 15.4 Å². The molecule has 0 aromatic heterocycles. The van der Waals surface area contributed by atoms with Crippen LogP contribution in [0.2, 0.25) is 0 Å². The van der Waals surface area contributed by atoms with Crippen LogP contribution in [-0.4, -0.2) is 68.8 Å². The first kappa shape index (κ1) is 22.1. The molecule has 1 heterocycles. The van der Waals surface area contributed by atoms with Crippen LogP contribution < -0.4 is 10.6 Å². The van der Waals surface area contributed by atoms with Gasteiger partial charge in [0.25, 0.3) is 0 Å². The molecule has 1 aromatic rings. The Hall–Kier alpha value is -1.24. The van der Waals surface area contributed by atoms with Crippen molar-refractivity contribution in [1.82, 2.24) is 15.5 Å². The minimum atomic E-state index is 0.418. The number of likely N-dealkylation sites (tertiary alicyclic amines) is 1. The summed E-state index contributed by atoms with van der Waals surface area (Å²) < 4.78 is 6.08. The van der Waals surface area contributed by atoms with E-state index in [0.29, 0.717) is 6.10 Å². The molecule has 2 rings (SSSR count). The van der Waals surface area contributed by atoms with Gasteiger partial charge in [-0.3, -0.25) is 9.89 Å². The number of nitrogens with zero attached hydrogens (tertiary/aromatic N) is 2. The first-order valence-corrected chi connectivity index (χ1v) is 11.5. The fourth-order valence-electron chi connectivity index (χ4n) is 3.25. The van der Waals surface area contributed by atoms with E-state index in [1.807, 2.05) is 18.8 Å². The number of ether oxygens (including phenoxy) is 1. The van der Waals surface area contributed by atoms with Crippen LogP contribution >= 0.6 is 11.8 Å². The highest BCUT2D eigenvalue weighted by Crippen LogP contribution is 2.16. The third-order valence-corrected chi connectivity index (χ3v) is 5.49. The van der Waals surface area contributed by atoms with E-state index in [0.717, 1.165) is 71.0 Å². The molecule has 1 aliphatic heterocycles. The second kappa shape index (κ2) is 13.9. The van der Waals surface area contributed by atoms with Crippen molar-refractivity contribution < 1.29 is 4.74 Å². The van der Waals surface area contributed by atoms with Gasteiger partial charge >= 0.3 is 0 Å². The Labute approximate surface area is 169 Å². The van der Waals surface area contributed by atoms with Gasteiger partial charge in [0, 0.05) is 46.4 Å². The molecule has 0 unspecified atom stereocenters. The Morgan fingerprint density at radius 2 is 1.85 bits per heavy atom. The molecule has 2 N–H and O–H groups in total. The van der Waals surface area contributed by atoms with Crippen molar-refractivity contribution in [3.8, 4) is 0 Å². The average Bonchev–Trinajstić information content (AvgIpc) is 2.71. The first-order chi connectivity index (χ1) is 13.3. The number of hydrogen-bond donors (Lipinski definition) is 2. The van der Waals surface area contributed by atoms with E-state index in [1.165, 1.54) is 11.3 Å². The van der Waals surface area contributed by atoms with Gasteiger partial charge in [-0.2, -0.15) is 11.8 Å². The number of benzene rings is 1. The molecule has 0 amide bonds. The summed E-state index contributed by atoms with van der Waals surface area (Å²) in [6.07, 6.45) is 7.00. The maximum atomic E-state index is 6.08. The highest BCUT2D eigenvalue weighted by atomic mass is 32.2. The lowest BCUT2D eigenvalue weighted by Gasteiger charge is -2.32. The minimum absolute atomic E-state index is 0.418. The molecule has 152 valence electrons. The topological polar surface area (TPSA) is 48.9 Å². The summed E-state index contributed by atoms with van der Waals surface area (Å²) >= 11 is 1.88. The first-order valence-electron chi connectivity index (χ1n) is 10.1. The van der Waals surface area contributed by atoms with Gasteiger partial charge in [0.15, 0.2) is 5.96 Å². The number of guanidine groups is 1. The van der Waals surface area contributed by atoms with E-state index < -0.39 is 0 Å². The van der Waals surface area contributed by atoms with Gasteiger partial charge in [0.1, 0.15) is 0 Å². The lowest BCUT2D eigenvalue weighted by molar-refractivity contribution is 0.00534. The standard InChI is InChI=1S/C21H36N4OS/c1-22-21(24-13-7-17-27-2)23-12-6-16-26-20-10-14-25(15-11-20)18-19-8-4-3-5-9-19/h3-5,8-9,20H,6-7,10-18H2,1-2H3,(H2,22,23,24). The Morgan fingerprint density at radius 1 is 1.15 bits per heavy atom. The highest BCUT2D eigenvalue weighted by Gasteiger charge is 2.19. The van der Waals surface area contributed by atoms with E-state index in [1.54, 1.807) is 0 Å². The van der Waals surface area contributed by atoms with Crippen molar-refractivity contribution in [3.63, 3.8) is 0 Å². The van der Waals surface area contributed by atoms with Gasteiger partial charge in [-0.1, -0.05) is 30.3 Å². The number of rotatable bonds is 11. The normalized spacial score (nSPS) is 16.4. The number of aliphatic imine (C=N–C) groups is 1. The zero-order valence-electron chi connectivity index (χ0n) is 17.0. The third kappa shape index (κ3) is 9.49. The van der Waals surface area contributed by atoms with E-state index >= 15 is 0 Å². The van der Waals surface area contributed by atoms with Crippen molar-refractivity contribution in [1.29, 1.82) is 0 Å². The highest BCUT2D eigenvalue weighted by molar-refractivity contribution is 7.98. The molecule has 0 atom stereocenters. The van der Waals surface area contributed by atoms with Crippen molar-refractivity contribution in [3.05, 3.63) is 35.9 Å². The largest absolute Gasteiger partial charge is 0.378 e. The van der Waals surface area contributed by atoms with Crippen LogP contribution in [0.4, 0.5) is 0 Å². The fraction of sp³-hybridized carbons (Fsp3) is 0.667. The molecule has 0 radical (unpaired) electrons. The van der Waals surface area contributed by atoms with E-state index in [4.69, 9.17) is 4.74 Å². The van der Waals surface area contributed by atoms with Crippen molar-refractivity contribution in [2.24, 2.45) is 4.99 Å². The molecule has 5 nitrogen and oxygen atoms in total. The Morgan fingerprint density at radius 3 is 2.52 bits per heavy atom. The Kier molecular flexibility index (Phi) is 11.3. The van der Waals surface area contributed by atoms with Crippen LogP contribution in [0.5, 0.6) is 0 Å². The predicted molar refractivity (Wildman–Crippen MR) is 118 cm³/mol. The summed E-state index contributed by atoms with van der Waals surface area (Å²) in [5.41, 5.74) is 1.40. The average molecular weight is 393 g/mol. The van der Waals surface area contributed by atoms with Crippen LogP contribution in [0.1, 0.15) is 31.2 Å². The molecule has 0 spiro atoms. The van der Waals surface area contributed by atoms with Crippen LogP contribution in [0, 0.1) is 0 Å². The summed E-state index contributed by atoms with van der Waals surface area (Å²) in [7, 11) is 1.82. The molecule has 1 aliphatic rings. The molecule has 1 saturated heterocycles. The van der Waals surface area contributed by atoms with Crippen LogP contribution in [-0.2, 0) is 11.3 Å². The summed E-state index contributed by atoms with van der Waals surface area (Å²) in [5.74, 6) is 2.08. The van der Waals surface area contributed by atoms with Crippen LogP contribution in [0.3, 0.4) is 0 Å². The van der Waals surface area contributed by atoms with Crippen molar-refractivity contribution in [2.45, 2.75) is 38.3 Å². The smallest absolute Gasteiger partial charge is 0.190 e. The third-order valence-electron chi connectivity index (χ3n) is 4.79. The van der Waals surface area contributed by atoms with E-state index in [2.05, 4.69) is 57.1 Å². The van der Waals surface area contributed by atoms with E-state index in [9.17, 15) is 0 Å². The molecule has 27 heavy (non-hydrogen) atoms. The molecule has 6 heteroatoms. The molecule has 0 saturated carbocycles. The Bertz CT molecular complexity index is 518. The number of hydrogen-bond acceptors (Lipinski definition) is 4. The quantitative estimate of drug-likeness (QED) is 0.344. The molecule has 1 aromatic carbocycles. The van der Waals surface area contributed by atoms with Gasteiger partial charge in [-0.25, -0.2) is 0 Å². The zero-order chi connectivity index (χ0) is 19.2. The SMILES string of the molecule is CN=C(NCCCOC1CCN(Cc2ccccc2)CC1)NCCCSC. The number of piperidine rings is 1. The van der Waals surface area contributed by atoms with E-state index in [-0.39, 0.29) is 0 Å². The van der Waals surface area contributed by atoms with Gasteiger partial charge in [-0.05, 0) is 43.3 Å². The molecular formula is C21H36N4OS. The number of nitrogens with one attached hydrogen (secondary N) is 2. The maximum Gasteiger partial charge on any atom is 0.190 e. The zero-order valence-corrected chi connectivity index (χ0v) is 17.8. The minimum Gasteiger partial charge on any atom is -0.378 e. The second-order valence-electron chi connectivity index (χ2n) is 6.96. The maximum absolute atomic E-state index is 6.08. The van der Waals surface area contributed by atoms with Crippen molar-refractivity contribution in [2.75, 3.05) is 51.8 Å². The van der Waals surface area contributed by atoms with Gasteiger partial charge in [0.2, 0.25) is 0 Å². The van der Waals surface area contributed by atoms with Crippen molar-refractivity contribution >= 4 is 17.7 Å². The lowest BCUT2D eigenvalue weighted by atomic mass is 10.1. The summed E-state index contributed by atoms with van der Waals surface area (Å²) in [4.78, 5) is 6.79. The molecular weight excluding hydrogens is 356 g/mol. The molecule has 0 aliphatic carbocycles. The van der Waals surface area contributed by atoms with Gasteiger partial charge in [0.05, 0.1) is 6.10 Å². The fourth-order valence-corrected chi connectivity index (χ4v) is 3.68. The van der Waals surface area contributed by atoms with Crippen LogP contribution in [0.15, 0.2) is 35.3 Å².